The predicted molar refractivity (Wildman–Crippen MR) is 85.7 cm³/mol. The lowest BCUT2D eigenvalue weighted by Gasteiger charge is -2.34. The quantitative estimate of drug-likeness (QED) is 0.820. The van der Waals surface area contributed by atoms with Crippen molar-refractivity contribution in [2.75, 3.05) is 7.11 Å². The molecule has 130 valence electrons. The van der Waals surface area contributed by atoms with E-state index in [0.29, 0.717) is 6.42 Å². The predicted octanol–water partition coefficient (Wildman–Crippen LogP) is 0.708. The van der Waals surface area contributed by atoms with Crippen molar-refractivity contribution in [3.63, 3.8) is 0 Å². The van der Waals surface area contributed by atoms with Gasteiger partial charge in [0.15, 0.2) is 0 Å². The van der Waals surface area contributed by atoms with Crippen LogP contribution in [0.1, 0.15) is 21.6 Å². The number of methoxy groups -OCH3 is 1. The first kappa shape index (κ1) is 16.7. The van der Waals surface area contributed by atoms with Gasteiger partial charge in [-0.05, 0) is 17.2 Å². The third kappa shape index (κ3) is 3.37. The molecule has 1 unspecified atom stereocenters. The molecule has 1 aliphatic rings. The monoisotopic (exact) mass is 343 g/mol. The van der Waals surface area contributed by atoms with Crippen LogP contribution in [0, 0.1) is 0 Å². The van der Waals surface area contributed by atoms with E-state index in [1.54, 1.807) is 0 Å². The number of nitrogens with zero attached hydrogens (tertiary/aromatic N) is 3. The van der Waals surface area contributed by atoms with Crippen molar-refractivity contribution >= 4 is 17.8 Å². The lowest BCUT2D eigenvalue weighted by molar-refractivity contribution is -0.146. The van der Waals surface area contributed by atoms with Crippen LogP contribution in [0.4, 0.5) is 0 Å². The number of aliphatic carboxylic acids is 1. The fourth-order valence-electron chi connectivity index (χ4n) is 2.93. The Labute approximate surface area is 143 Å². The standard InChI is InChI=1S/C17H17N3O5/c1-25-17(24)14-8-11-4-2-3-5-12(11)9-20(14)16(23)13-6-7-19(18-13)10-15(21)22/h2-7,14H,8-10H2,1H3,(H,21,22). The van der Waals surface area contributed by atoms with Crippen LogP contribution in [0.15, 0.2) is 36.5 Å². The molecule has 0 aliphatic carbocycles. The fraction of sp³-hybridized carbons (Fsp3) is 0.294. The first-order valence-corrected chi connectivity index (χ1v) is 7.70. The van der Waals surface area contributed by atoms with Crippen molar-refractivity contribution in [1.29, 1.82) is 0 Å². The van der Waals surface area contributed by atoms with Gasteiger partial charge in [0.25, 0.3) is 5.91 Å². The van der Waals surface area contributed by atoms with E-state index in [9.17, 15) is 14.4 Å². The number of hydrogen-bond donors (Lipinski definition) is 1. The number of hydrogen-bond acceptors (Lipinski definition) is 5. The Kier molecular flexibility index (Phi) is 4.51. The first-order valence-electron chi connectivity index (χ1n) is 7.70. The lowest BCUT2D eigenvalue weighted by Crippen LogP contribution is -2.49. The number of carboxylic acid groups (broad SMARTS) is 1. The third-order valence-electron chi connectivity index (χ3n) is 4.14. The maximum absolute atomic E-state index is 12.8. The summed E-state index contributed by atoms with van der Waals surface area (Å²) in [5, 5.41) is 12.8. The van der Waals surface area contributed by atoms with Gasteiger partial charge in [0, 0.05) is 19.2 Å². The van der Waals surface area contributed by atoms with Gasteiger partial charge in [-0.3, -0.25) is 14.3 Å². The number of ether oxygens (including phenoxy) is 1. The Morgan fingerprint density at radius 3 is 2.64 bits per heavy atom. The molecule has 8 nitrogen and oxygen atoms in total. The number of fused-ring (bicyclic) bond motifs is 1. The maximum Gasteiger partial charge on any atom is 0.328 e. The van der Waals surface area contributed by atoms with Gasteiger partial charge in [-0.25, -0.2) is 4.79 Å². The average Bonchev–Trinajstić information content (AvgIpc) is 3.07. The number of carboxylic acids is 1. The molecule has 0 fully saturated rings. The van der Waals surface area contributed by atoms with Gasteiger partial charge in [-0.1, -0.05) is 24.3 Å². The molecule has 1 N–H and O–H groups in total. The maximum atomic E-state index is 12.8. The van der Waals surface area contributed by atoms with Crippen LogP contribution in [0.25, 0.3) is 0 Å². The highest BCUT2D eigenvalue weighted by molar-refractivity contribution is 5.95. The molecule has 0 bridgehead atoms. The Hall–Kier alpha value is -3.16. The van der Waals surface area contributed by atoms with Gasteiger partial charge < -0.3 is 14.7 Å². The molecular formula is C17H17N3O5. The van der Waals surface area contributed by atoms with Gasteiger partial charge in [-0.15, -0.1) is 0 Å². The van der Waals surface area contributed by atoms with Crippen molar-refractivity contribution in [2.45, 2.75) is 25.6 Å². The van der Waals surface area contributed by atoms with Crippen molar-refractivity contribution in [2.24, 2.45) is 0 Å². The molecule has 0 radical (unpaired) electrons. The van der Waals surface area contributed by atoms with E-state index in [0.717, 1.165) is 11.1 Å². The minimum atomic E-state index is -1.05. The molecule has 0 spiro atoms. The summed E-state index contributed by atoms with van der Waals surface area (Å²) in [5.41, 5.74) is 2.05. The Morgan fingerprint density at radius 2 is 1.96 bits per heavy atom. The molecule has 2 aromatic rings. The molecule has 0 saturated carbocycles. The Morgan fingerprint density at radius 1 is 1.24 bits per heavy atom. The average molecular weight is 343 g/mol. The molecule has 0 saturated heterocycles. The molecule has 8 heteroatoms. The van der Waals surface area contributed by atoms with E-state index in [-0.39, 0.29) is 18.8 Å². The molecule has 2 heterocycles. The summed E-state index contributed by atoms with van der Waals surface area (Å²) in [5.74, 6) is -1.98. The summed E-state index contributed by atoms with van der Waals surface area (Å²) in [7, 11) is 1.28. The van der Waals surface area contributed by atoms with E-state index in [1.807, 2.05) is 24.3 Å². The van der Waals surface area contributed by atoms with Crippen LogP contribution in [-0.2, 0) is 33.8 Å². The van der Waals surface area contributed by atoms with E-state index in [2.05, 4.69) is 5.10 Å². The zero-order chi connectivity index (χ0) is 18.0. The van der Waals surface area contributed by atoms with Gasteiger partial charge >= 0.3 is 11.9 Å². The zero-order valence-corrected chi connectivity index (χ0v) is 13.6. The summed E-state index contributed by atoms with van der Waals surface area (Å²) >= 11 is 0. The molecule has 3 rings (SSSR count). The molecule has 1 aromatic carbocycles. The van der Waals surface area contributed by atoms with Crippen LogP contribution in [0.2, 0.25) is 0 Å². The Bertz CT molecular complexity index is 829. The number of aromatic nitrogens is 2. The van der Waals surface area contributed by atoms with Crippen LogP contribution in [0.5, 0.6) is 0 Å². The van der Waals surface area contributed by atoms with Crippen LogP contribution in [0.3, 0.4) is 0 Å². The lowest BCUT2D eigenvalue weighted by atomic mass is 9.93. The fourth-order valence-corrected chi connectivity index (χ4v) is 2.93. The second kappa shape index (κ2) is 6.76. The number of carbonyl (C=O) groups is 3. The summed E-state index contributed by atoms with van der Waals surface area (Å²) < 4.78 is 6.01. The van der Waals surface area contributed by atoms with Crippen molar-refractivity contribution < 1.29 is 24.2 Å². The number of rotatable bonds is 4. The molecule has 1 aromatic heterocycles. The van der Waals surface area contributed by atoms with E-state index >= 15 is 0 Å². The minimum absolute atomic E-state index is 0.0922. The molecule has 25 heavy (non-hydrogen) atoms. The van der Waals surface area contributed by atoms with Gasteiger partial charge in [-0.2, -0.15) is 5.10 Å². The Balaban J connectivity index is 1.89. The number of amides is 1. The summed E-state index contributed by atoms with van der Waals surface area (Å²) in [6.45, 7) is -0.0723. The van der Waals surface area contributed by atoms with E-state index in [4.69, 9.17) is 9.84 Å². The van der Waals surface area contributed by atoms with E-state index in [1.165, 1.54) is 29.0 Å². The second-order valence-corrected chi connectivity index (χ2v) is 5.74. The van der Waals surface area contributed by atoms with Crippen molar-refractivity contribution in [3.05, 3.63) is 53.3 Å². The van der Waals surface area contributed by atoms with Crippen molar-refractivity contribution in [3.8, 4) is 0 Å². The van der Waals surface area contributed by atoms with Crippen LogP contribution < -0.4 is 0 Å². The molecule has 1 amide bonds. The number of esters is 1. The second-order valence-electron chi connectivity index (χ2n) is 5.74. The van der Waals surface area contributed by atoms with Crippen LogP contribution >= 0.6 is 0 Å². The molecular weight excluding hydrogens is 326 g/mol. The van der Waals surface area contributed by atoms with Crippen LogP contribution in [-0.4, -0.2) is 50.8 Å². The summed E-state index contributed by atoms with van der Waals surface area (Å²) in [6.07, 6.45) is 1.79. The SMILES string of the molecule is COC(=O)C1Cc2ccccc2CN1C(=O)c1ccn(CC(=O)O)n1. The highest BCUT2D eigenvalue weighted by Crippen LogP contribution is 2.25. The summed E-state index contributed by atoms with van der Waals surface area (Å²) in [4.78, 5) is 37.2. The topological polar surface area (TPSA) is 102 Å². The molecule has 1 atom stereocenters. The number of benzene rings is 1. The zero-order valence-electron chi connectivity index (χ0n) is 13.6. The third-order valence-corrected chi connectivity index (χ3v) is 4.14. The highest BCUT2D eigenvalue weighted by Gasteiger charge is 2.36. The molecule has 1 aliphatic heterocycles. The van der Waals surface area contributed by atoms with Gasteiger partial charge in [0.05, 0.1) is 7.11 Å². The van der Waals surface area contributed by atoms with Crippen molar-refractivity contribution in [1.82, 2.24) is 14.7 Å². The highest BCUT2D eigenvalue weighted by atomic mass is 16.5. The first-order chi connectivity index (χ1) is 12.0. The minimum Gasteiger partial charge on any atom is -0.480 e. The normalized spacial score (nSPS) is 16.2. The number of carbonyl (C=O) groups excluding carboxylic acids is 2. The van der Waals surface area contributed by atoms with Gasteiger partial charge in [0.1, 0.15) is 18.3 Å². The summed E-state index contributed by atoms with van der Waals surface area (Å²) in [6, 6.07) is 8.30. The smallest absolute Gasteiger partial charge is 0.328 e. The van der Waals surface area contributed by atoms with Gasteiger partial charge in [0.2, 0.25) is 0 Å². The largest absolute Gasteiger partial charge is 0.480 e. The van der Waals surface area contributed by atoms with E-state index < -0.39 is 23.9 Å².